The average molecular weight is 829 g/mol. The highest BCUT2D eigenvalue weighted by molar-refractivity contribution is 7.87. The summed E-state index contributed by atoms with van der Waals surface area (Å²) in [6.07, 6.45) is 1.12. The molecule has 16 nitrogen and oxygen atoms in total. The Bertz CT molecular complexity index is 1670. The van der Waals surface area contributed by atoms with E-state index in [0.717, 1.165) is 30.6 Å². The molecule has 2 aromatic rings. The number of aromatic nitrogens is 1. The number of alkyl halides is 2. The topological polar surface area (TPSA) is 218 Å². The minimum Gasteiger partial charge on any atom is -0.384 e. The van der Waals surface area contributed by atoms with Crippen LogP contribution in [0, 0.1) is 5.92 Å². The molecule has 312 valence electrons. The molecule has 7 N–H and O–H groups in total. The van der Waals surface area contributed by atoms with Gasteiger partial charge in [0.15, 0.2) is 5.13 Å². The fraction of sp³-hybridized carbons (Fsp3) is 0.667. The van der Waals surface area contributed by atoms with Gasteiger partial charge in [-0.1, -0.05) is 62.4 Å². The van der Waals surface area contributed by atoms with Crippen molar-refractivity contribution in [2.24, 2.45) is 5.92 Å². The van der Waals surface area contributed by atoms with Crippen molar-refractivity contribution < 1.29 is 46.2 Å². The first-order valence-electron chi connectivity index (χ1n) is 19.2. The minimum atomic E-state index is -4.28. The summed E-state index contributed by atoms with van der Waals surface area (Å²) in [5.41, 5.74) is 6.80. The van der Waals surface area contributed by atoms with Crippen molar-refractivity contribution >= 4 is 44.4 Å². The number of hydrogen-bond donors (Lipinski definition) is 6. The van der Waals surface area contributed by atoms with E-state index in [4.69, 9.17) is 15.2 Å². The van der Waals surface area contributed by atoms with Gasteiger partial charge in [-0.3, -0.25) is 19.3 Å². The van der Waals surface area contributed by atoms with Crippen LogP contribution in [0.5, 0.6) is 0 Å². The molecule has 0 spiro atoms. The molecular formula is C36H54F2N8O8S2. The standard InChI is InChI=1S/C36H54F2N8O8S2/c37-36(38,34(50)40-11-12-45-13-17-53-18-14-45)31(47)28(21-25-7-3-1-4-8-25)42-32(48)29(23-27-24-55-35(39)41-27)43-33(49)30(22-26-9-5-2-6-10-26)44-56(51,52)46-15-19-54-20-16-46/h2,5-6,9-10,24-25,28-31,44,47H,1,3-4,7-8,11-23H2,(H2,39,41)(H,40,50)(H,42,48)(H,43,49)/t28-,29-,30-,31+/m0/s1. The first-order valence-corrected chi connectivity index (χ1v) is 21.5. The number of nitrogens with one attached hydrogen (secondary N) is 4. The van der Waals surface area contributed by atoms with E-state index in [9.17, 15) is 27.9 Å². The first-order chi connectivity index (χ1) is 26.8. The first kappa shape index (κ1) is 43.7. The van der Waals surface area contributed by atoms with Crippen LogP contribution in [0.1, 0.15) is 49.8 Å². The normalized spacial score (nSPS) is 20.1. The summed E-state index contributed by atoms with van der Waals surface area (Å²) >= 11 is 1.09. The van der Waals surface area contributed by atoms with Gasteiger partial charge in [0, 0.05) is 51.1 Å². The number of aliphatic hydroxyl groups is 1. The van der Waals surface area contributed by atoms with E-state index >= 15 is 8.78 Å². The number of thiazole rings is 1. The summed E-state index contributed by atoms with van der Waals surface area (Å²) in [5.74, 6) is -7.84. The molecule has 0 unspecified atom stereocenters. The molecule has 3 aliphatic rings. The lowest BCUT2D eigenvalue weighted by Crippen LogP contribution is -2.62. The number of halogens is 2. The summed E-state index contributed by atoms with van der Waals surface area (Å²) in [6, 6.07) is 4.26. The Hall–Kier alpha value is -3.37. The van der Waals surface area contributed by atoms with Crippen molar-refractivity contribution in [2.45, 2.75) is 81.5 Å². The number of rotatable bonds is 19. The second-order valence-corrected chi connectivity index (χ2v) is 17.0. The average Bonchev–Trinajstić information content (AvgIpc) is 3.62. The third-order valence-electron chi connectivity index (χ3n) is 10.3. The van der Waals surface area contributed by atoms with E-state index < -0.39 is 58.1 Å². The molecule has 3 fully saturated rings. The highest BCUT2D eigenvalue weighted by Gasteiger charge is 2.51. The zero-order valence-corrected chi connectivity index (χ0v) is 33.0. The van der Waals surface area contributed by atoms with Crippen LogP contribution in [0.3, 0.4) is 0 Å². The Labute approximate surface area is 330 Å². The molecular weight excluding hydrogens is 775 g/mol. The monoisotopic (exact) mass is 828 g/mol. The molecule has 0 bridgehead atoms. The molecule has 2 aliphatic heterocycles. The van der Waals surface area contributed by atoms with Gasteiger partial charge in [0.2, 0.25) is 11.8 Å². The molecule has 3 heterocycles. The van der Waals surface area contributed by atoms with Crippen molar-refractivity contribution in [2.75, 3.05) is 71.4 Å². The number of ether oxygens (including phenoxy) is 2. The lowest BCUT2D eigenvalue weighted by Gasteiger charge is -2.34. The molecule has 2 saturated heterocycles. The third-order valence-corrected chi connectivity index (χ3v) is 12.7. The highest BCUT2D eigenvalue weighted by atomic mass is 32.2. The minimum absolute atomic E-state index is 0.0378. The van der Waals surface area contributed by atoms with Crippen molar-refractivity contribution in [3.05, 3.63) is 47.0 Å². The quantitative estimate of drug-likeness (QED) is 0.114. The predicted octanol–water partition coefficient (Wildman–Crippen LogP) is 0.430. The lowest BCUT2D eigenvalue weighted by atomic mass is 9.82. The SMILES string of the molecule is Nc1nc(C[C@H](NC(=O)[C@H](Cc2ccccc2)NS(=O)(=O)N2CCOCC2)C(=O)N[C@@H](CC2CCCCC2)[C@@H](O)C(F)(F)C(=O)NCCN2CCOCC2)cs1. The maximum absolute atomic E-state index is 15.8. The van der Waals surface area contributed by atoms with Crippen LogP contribution in [-0.4, -0.2) is 141 Å². The van der Waals surface area contributed by atoms with Gasteiger partial charge in [0.1, 0.15) is 18.2 Å². The van der Waals surface area contributed by atoms with Crippen LogP contribution < -0.4 is 26.4 Å². The zero-order chi connectivity index (χ0) is 40.1. The van der Waals surface area contributed by atoms with Gasteiger partial charge in [-0.15, -0.1) is 11.3 Å². The third kappa shape index (κ3) is 12.8. The Morgan fingerprint density at radius 1 is 0.946 bits per heavy atom. The van der Waals surface area contributed by atoms with Crippen LogP contribution in [0.25, 0.3) is 0 Å². The predicted molar refractivity (Wildman–Crippen MR) is 205 cm³/mol. The van der Waals surface area contributed by atoms with E-state index in [2.05, 4.69) is 25.7 Å². The number of amides is 3. The van der Waals surface area contributed by atoms with Gasteiger partial charge < -0.3 is 36.3 Å². The molecule has 0 radical (unpaired) electrons. The molecule has 5 rings (SSSR count). The smallest absolute Gasteiger partial charge is 0.351 e. The number of hydrogen-bond acceptors (Lipinski definition) is 12. The number of nitrogens with zero attached hydrogens (tertiary/aromatic N) is 3. The van der Waals surface area contributed by atoms with Crippen LogP contribution in [0.4, 0.5) is 13.9 Å². The molecule has 4 atom stereocenters. The van der Waals surface area contributed by atoms with Gasteiger partial charge >= 0.3 is 5.92 Å². The van der Waals surface area contributed by atoms with E-state index in [-0.39, 0.29) is 63.2 Å². The summed E-state index contributed by atoms with van der Waals surface area (Å²) in [7, 11) is -4.19. The Kier molecular flexibility index (Phi) is 16.3. The maximum atomic E-state index is 15.8. The van der Waals surface area contributed by atoms with E-state index in [1.165, 1.54) is 4.31 Å². The largest absolute Gasteiger partial charge is 0.384 e. The number of benzene rings is 1. The zero-order valence-electron chi connectivity index (χ0n) is 31.4. The lowest BCUT2D eigenvalue weighted by molar-refractivity contribution is -0.168. The molecule has 3 amide bonds. The van der Waals surface area contributed by atoms with Crippen LogP contribution in [0.15, 0.2) is 35.7 Å². The summed E-state index contributed by atoms with van der Waals surface area (Å²) < 4.78 is 72.7. The molecule has 1 aromatic heterocycles. The van der Waals surface area contributed by atoms with Crippen LogP contribution in [-0.2, 0) is 46.9 Å². The second-order valence-electron chi connectivity index (χ2n) is 14.5. The summed E-state index contributed by atoms with van der Waals surface area (Å²) in [4.78, 5) is 47.3. The van der Waals surface area contributed by atoms with E-state index in [0.29, 0.717) is 56.9 Å². The number of aliphatic hydroxyl groups excluding tert-OH is 1. The second kappa shape index (κ2) is 20.9. The number of morpholine rings is 2. The molecule has 56 heavy (non-hydrogen) atoms. The van der Waals surface area contributed by atoms with Gasteiger partial charge in [0.25, 0.3) is 16.1 Å². The maximum Gasteiger partial charge on any atom is 0.351 e. The number of carbonyl (C=O) groups is 3. The Balaban J connectivity index is 1.35. The molecule has 20 heteroatoms. The van der Waals surface area contributed by atoms with Crippen molar-refractivity contribution in [1.29, 1.82) is 0 Å². The fourth-order valence-corrected chi connectivity index (χ4v) is 9.08. The van der Waals surface area contributed by atoms with Gasteiger partial charge in [0.05, 0.1) is 38.2 Å². The van der Waals surface area contributed by atoms with E-state index in [1.54, 1.807) is 35.7 Å². The van der Waals surface area contributed by atoms with Crippen molar-refractivity contribution in [3.63, 3.8) is 0 Å². The van der Waals surface area contributed by atoms with E-state index in [1.807, 2.05) is 4.90 Å². The Morgan fingerprint density at radius 2 is 1.59 bits per heavy atom. The highest BCUT2D eigenvalue weighted by Crippen LogP contribution is 2.31. The van der Waals surface area contributed by atoms with Crippen molar-refractivity contribution in [3.8, 4) is 0 Å². The van der Waals surface area contributed by atoms with Gasteiger partial charge in [-0.05, 0) is 24.3 Å². The van der Waals surface area contributed by atoms with Gasteiger partial charge in [-0.25, -0.2) is 4.98 Å². The molecule has 1 saturated carbocycles. The van der Waals surface area contributed by atoms with Gasteiger partial charge in [-0.2, -0.15) is 26.2 Å². The fourth-order valence-electron chi connectivity index (χ4n) is 7.18. The van der Waals surface area contributed by atoms with Crippen LogP contribution >= 0.6 is 11.3 Å². The van der Waals surface area contributed by atoms with Crippen molar-refractivity contribution in [1.82, 2.24) is 34.9 Å². The number of nitrogen functional groups attached to an aromatic ring is 1. The summed E-state index contributed by atoms with van der Waals surface area (Å²) in [6.45, 7) is 2.95. The number of carbonyl (C=O) groups excluding carboxylic acids is 3. The molecule has 1 aromatic carbocycles. The number of anilines is 1. The number of nitrogens with two attached hydrogens (primary N) is 1. The summed E-state index contributed by atoms with van der Waals surface area (Å²) in [5, 5.41) is 20.4. The Morgan fingerprint density at radius 3 is 2.23 bits per heavy atom. The van der Waals surface area contributed by atoms with Crippen LogP contribution in [0.2, 0.25) is 0 Å². The molecule has 1 aliphatic carbocycles.